The number of likely N-dealkylation sites (tertiary alicyclic amines) is 1. The van der Waals surface area contributed by atoms with Gasteiger partial charge in [-0.2, -0.15) is 0 Å². The fourth-order valence-corrected chi connectivity index (χ4v) is 4.75. The second-order valence-electron chi connectivity index (χ2n) is 8.19. The van der Waals surface area contributed by atoms with Crippen molar-refractivity contribution >= 4 is 16.9 Å². The molecule has 4 rings (SSSR count). The third-order valence-corrected chi connectivity index (χ3v) is 6.34. The van der Waals surface area contributed by atoms with Crippen LogP contribution in [0.15, 0.2) is 42.6 Å². The van der Waals surface area contributed by atoms with Crippen LogP contribution in [-0.2, 0) is 6.42 Å². The van der Waals surface area contributed by atoms with Crippen LogP contribution in [-0.4, -0.2) is 48.2 Å². The Labute approximate surface area is 171 Å². The number of hydrogen-bond acceptors (Lipinski definition) is 3. The van der Waals surface area contributed by atoms with Crippen LogP contribution in [0.4, 0.5) is 0 Å². The fraction of sp³-hybridized carbons (Fsp3) is 0.375. The fourth-order valence-electron chi connectivity index (χ4n) is 4.75. The molecule has 0 radical (unpaired) electrons. The molecule has 1 aliphatic heterocycles. The number of hydrogen-bond donors (Lipinski definition) is 2. The van der Waals surface area contributed by atoms with Gasteiger partial charge in [0.2, 0.25) is 0 Å². The number of benzene rings is 2. The minimum atomic E-state index is -0.881. The minimum Gasteiger partial charge on any atom is -0.496 e. The zero-order valence-corrected chi connectivity index (χ0v) is 17.2. The molecule has 1 aromatic heterocycles. The first-order valence-corrected chi connectivity index (χ1v) is 10.1. The van der Waals surface area contributed by atoms with Crippen molar-refractivity contribution in [2.24, 2.45) is 5.92 Å². The van der Waals surface area contributed by atoms with E-state index in [1.54, 1.807) is 19.2 Å². The van der Waals surface area contributed by atoms with Gasteiger partial charge in [-0.3, -0.25) is 0 Å². The van der Waals surface area contributed by atoms with Gasteiger partial charge in [0.25, 0.3) is 0 Å². The van der Waals surface area contributed by atoms with Gasteiger partial charge in [-0.05, 0) is 80.6 Å². The van der Waals surface area contributed by atoms with Crippen molar-refractivity contribution in [3.63, 3.8) is 0 Å². The zero-order chi connectivity index (χ0) is 20.5. The molecule has 2 aromatic carbocycles. The van der Waals surface area contributed by atoms with E-state index < -0.39 is 5.97 Å². The van der Waals surface area contributed by atoms with Crippen molar-refractivity contribution in [3.05, 3.63) is 64.8 Å². The van der Waals surface area contributed by atoms with Crippen LogP contribution in [0.25, 0.3) is 10.9 Å². The first kappa shape index (κ1) is 19.5. The number of rotatable bonds is 5. The molecule has 0 bridgehead atoms. The van der Waals surface area contributed by atoms with E-state index in [1.165, 1.54) is 27.6 Å². The molecule has 0 unspecified atom stereocenters. The largest absolute Gasteiger partial charge is 0.496 e. The third kappa shape index (κ3) is 3.75. The van der Waals surface area contributed by atoms with E-state index in [0.717, 1.165) is 31.7 Å². The molecule has 0 spiro atoms. The average Bonchev–Trinajstić information content (AvgIpc) is 3.21. The summed E-state index contributed by atoms with van der Waals surface area (Å²) in [6.07, 6.45) is 4.04. The van der Waals surface area contributed by atoms with Crippen molar-refractivity contribution in [3.8, 4) is 5.75 Å². The Hall–Kier alpha value is -2.79. The van der Waals surface area contributed by atoms with Crippen LogP contribution in [0.3, 0.4) is 0 Å². The Morgan fingerprint density at radius 3 is 2.72 bits per heavy atom. The van der Waals surface area contributed by atoms with Crippen LogP contribution in [0, 0.1) is 12.8 Å². The van der Waals surface area contributed by atoms with Gasteiger partial charge in [-0.1, -0.05) is 12.1 Å². The van der Waals surface area contributed by atoms with Gasteiger partial charge in [-0.25, -0.2) is 4.79 Å². The molecule has 1 aliphatic rings. The molecule has 1 saturated heterocycles. The van der Waals surface area contributed by atoms with E-state index in [9.17, 15) is 9.90 Å². The number of carboxylic acids is 1. The Morgan fingerprint density at radius 1 is 1.28 bits per heavy atom. The third-order valence-electron chi connectivity index (χ3n) is 6.34. The summed E-state index contributed by atoms with van der Waals surface area (Å²) in [5, 5.41) is 10.4. The number of carbonyl (C=O) groups is 1. The lowest BCUT2D eigenvalue weighted by Crippen LogP contribution is -2.37. The molecule has 5 heteroatoms. The van der Waals surface area contributed by atoms with Crippen LogP contribution in [0.5, 0.6) is 5.75 Å². The summed E-state index contributed by atoms with van der Waals surface area (Å²) in [6, 6.07) is 11.7. The summed E-state index contributed by atoms with van der Waals surface area (Å²) >= 11 is 0. The number of H-pyrrole nitrogens is 1. The van der Waals surface area contributed by atoms with Crippen LogP contribution in [0.1, 0.15) is 39.4 Å². The van der Waals surface area contributed by atoms with Crippen LogP contribution < -0.4 is 4.74 Å². The van der Waals surface area contributed by atoms with Gasteiger partial charge in [0.1, 0.15) is 5.75 Å². The molecule has 3 aromatic rings. The normalized spacial score (nSPS) is 20.1. The van der Waals surface area contributed by atoms with Crippen molar-refractivity contribution in [1.82, 2.24) is 9.88 Å². The molecule has 1 fully saturated rings. The molecule has 0 amide bonds. The number of aromatic nitrogens is 1. The summed E-state index contributed by atoms with van der Waals surface area (Å²) in [4.78, 5) is 16.9. The highest BCUT2D eigenvalue weighted by Crippen LogP contribution is 2.39. The zero-order valence-electron chi connectivity index (χ0n) is 17.2. The maximum atomic E-state index is 11.2. The summed E-state index contributed by atoms with van der Waals surface area (Å²) in [7, 11) is 3.90. The van der Waals surface area contributed by atoms with Gasteiger partial charge in [0.05, 0.1) is 12.7 Å². The second kappa shape index (κ2) is 7.91. The van der Waals surface area contributed by atoms with Crippen molar-refractivity contribution < 1.29 is 14.6 Å². The van der Waals surface area contributed by atoms with Crippen molar-refractivity contribution in [2.45, 2.75) is 25.7 Å². The van der Waals surface area contributed by atoms with E-state index in [2.05, 4.69) is 36.0 Å². The van der Waals surface area contributed by atoms with Gasteiger partial charge < -0.3 is 19.7 Å². The van der Waals surface area contributed by atoms with Crippen LogP contribution in [0.2, 0.25) is 0 Å². The lowest BCUT2D eigenvalue weighted by molar-refractivity contribution is 0.0697. The van der Waals surface area contributed by atoms with E-state index in [0.29, 0.717) is 17.4 Å². The van der Waals surface area contributed by atoms with Gasteiger partial charge in [-0.15, -0.1) is 0 Å². The number of carboxylic acid groups (broad SMARTS) is 1. The molecule has 0 aliphatic carbocycles. The number of ether oxygens (including phenoxy) is 1. The van der Waals surface area contributed by atoms with Crippen molar-refractivity contribution in [2.75, 3.05) is 27.2 Å². The van der Waals surface area contributed by atoms with Crippen molar-refractivity contribution in [1.29, 1.82) is 0 Å². The Kier molecular flexibility index (Phi) is 5.33. The maximum Gasteiger partial charge on any atom is 0.335 e. The molecule has 2 atom stereocenters. The van der Waals surface area contributed by atoms with Crippen LogP contribution >= 0.6 is 0 Å². The number of likely N-dealkylation sites (N-methyl/N-ethyl adjacent to an activating group) is 1. The number of fused-ring (bicyclic) bond motifs is 1. The topological polar surface area (TPSA) is 65.6 Å². The predicted molar refractivity (Wildman–Crippen MR) is 115 cm³/mol. The summed E-state index contributed by atoms with van der Waals surface area (Å²) in [6.45, 7) is 4.15. The number of nitrogens with one attached hydrogen (secondary N) is 1. The molecule has 2 N–H and O–H groups in total. The van der Waals surface area contributed by atoms with E-state index >= 15 is 0 Å². The number of methoxy groups -OCH3 is 1. The molecule has 0 saturated carbocycles. The summed E-state index contributed by atoms with van der Waals surface area (Å²) < 4.78 is 5.76. The number of aromatic amines is 1. The highest BCUT2D eigenvalue weighted by Gasteiger charge is 2.30. The highest BCUT2D eigenvalue weighted by atomic mass is 16.5. The maximum absolute atomic E-state index is 11.2. The Bertz CT molecular complexity index is 1020. The lowest BCUT2D eigenvalue weighted by Gasteiger charge is -2.37. The SMILES string of the molecule is COc1cc(C)c2[nH]ccc2c1C[C@@H]1CCN(C)C[C@H]1c1ccc(C(=O)O)cc1. The lowest BCUT2D eigenvalue weighted by atomic mass is 9.77. The highest BCUT2D eigenvalue weighted by molar-refractivity contribution is 5.88. The number of aromatic carboxylic acids is 1. The van der Waals surface area contributed by atoms with E-state index in [-0.39, 0.29) is 0 Å². The van der Waals surface area contributed by atoms with E-state index in [4.69, 9.17) is 4.74 Å². The van der Waals surface area contributed by atoms with Gasteiger partial charge in [0, 0.05) is 29.2 Å². The molecule has 152 valence electrons. The quantitative estimate of drug-likeness (QED) is 0.673. The predicted octanol–water partition coefficient (Wildman–Crippen LogP) is 4.46. The van der Waals surface area contributed by atoms with E-state index in [1.807, 2.05) is 18.3 Å². The number of nitrogens with zero attached hydrogens (tertiary/aromatic N) is 1. The molecule has 2 heterocycles. The van der Waals surface area contributed by atoms with Gasteiger partial charge in [0.15, 0.2) is 0 Å². The summed E-state index contributed by atoms with van der Waals surface area (Å²) in [5.41, 5.74) is 5.17. The smallest absolute Gasteiger partial charge is 0.335 e. The Morgan fingerprint density at radius 2 is 2.03 bits per heavy atom. The van der Waals surface area contributed by atoms with Gasteiger partial charge >= 0.3 is 5.97 Å². The average molecular weight is 392 g/mol. The molecule has 29 heavy (non-hydrogen) atoms. The minimum absolute atomic E-state index is 0.337. The first-order chi connectivity index (χ1) is 14.0. The number of aryl methyl sites for hydroxylation is 1. The monoisotopic (exact) mass is 392 g/mol. The molecule has 5 nitrogen and oxygen atoms in total. The molecular formula is C24H28N2O3. The Balaban J connectivity index is 1.69. The first-order valence-electron chi connectivity index (χ1n) is 10.1. The molecular weight excluding hydrogens is 364 g/mol. The standard InChI is InChI=1S/C24H28N2O3/c1-15-12-22(29-3)20(19-8-10-25-23(15)19)13-18-9-11-26(2)14-21(18)16-4-6-17(7-5-16)24(27)28/h4-8,10,12,18,21,25H,9,11,13-14H2,1-3H3,(H,27,28)/t18-,21-/m0/s1. The summed E-state index contributed by atoms with van der Waals surface area (Å²) in [5.74, 6) is 0.898. The second-order valence-corrected chi connectivity index (χ2v) is 8.19. The number of piperidine rings is 1.